The molecule has 1 amide bonds. The van der Waals surface area contributed by atoms with Crippen LogP contribution in [0.25, 0.3) is 16.8 Å². The number of benzene rings is 1. The number of aromatic nitrogens is 2. The minimum atomic E-state index is -2.92. The summed E-state index contributed by atoms with van der Waals surface area (Å²) in [6, 6.07) is 10.2. The van der Waals surface area contributed by atoms with Crippen molar-refractivity contribution in [3.05, 3.63) is 59.3 Å². The lowest BCUT2D eigenvalue weighted by atomic mass is 10.2. The third kappa shape index (κ3) is 5.53. The minimum absolute atomic E-state index is 0.0350. The molecule has 3 aromatic rings. The molecule has 3 heterocycles. The molecule has 1 fully saturated rings. The Labute approximate surface area is 181 Å². The molecule has 31 heavy (non-hydrogen) atoms. The van der Waals surface area contributed by atoms with E-state index >= 15 is 0 Å². The second kappa shape index (κ2) is 9.80. The molecule has 4 rings (SSSR count). The number of ether oxygens (including phenoxy) is 1. The van der Waals surface area contributed by atoms with E-state index < -0.39 is 6.61 Å². The molecular formula is C21H20F2N4O3S. The minimum Gasteiger partial charge on any atom is -0.434 e. The average molecular weight is 446 g/mol. The van der Waals surface area contributed by atoms with E-state index in [1.807, 2.05) is 17.5 Å². The van der Waals surface area contributed by atoms with Crippen LogP contribution >= 0.6 is 11.3 Å². The van der Waals surface area contributed by atoms with Gasteiger partial charge in [0.1, 0.15) is 5.75 Å². The Morgan fingerprint density at radius 2 is 2.00 bits per heavy atom. The van der Waals surface area contributed by atoms with Crippen molar-refractivity contribution in [2.24, 2.45) is 0 Å². The molecule has 1 saturated heterocycles. The van der Waals surface area contributed by atoms with Gasteiger partial charge in [-0.15, -0.1) is 11.3 Å². The molecule has 1 aliphatic rings. The summed E-state index contributed by atoms with van der Waals surface area (Å²) < 4.78 is 34.9. The number of hydrogen-bond donors (Lipinski definition) is 0. The SMILES string of the molecule is O=C(/C=C/c1ccccc1OC(F)F)N1CCN(Cc2nc(-c3cccs3)no2)CC1. The largest absolute Gasteiger partial charge is 0.434 e. The molecule has 2 aromatic heterocycles. The summed E-state index contributed by atoms with van der Waals surface area (Å²) in [4.78, 5) is 21.7. The van der Waals surface area contributed by atoms with E-state index in [9.17, 15) is 13.6 Å². The molecule has 1 aromatic carbocycles. The van der Waals surface area contributed by atoms with Crippen molar-refractivity contribution in [2.45, 2.75) is 13.2 Å². The molecule has 10 heteroatoms. The Morgan fingerprint density at radius 1 is 1.19 bits per heavy atom. The highest BCUT2D eigenvalue weighted by molar-refractivity contribution is 7.13. The Balaban J connectivity index is 1.29. The van der Waals surface area contributed by atoms with Crippen molar-refractivity contribution in [1.29, 1.82) is 0 Å². The molecule has 0 saturated carbocycles. The first-order valence-corrected chi connectivity index (χ1v) is 10.6. The van der Waals surface area contributed by atoms with Gasteiger partial charge < -0.3 is 14.2 Å². The van der Waals surface area contributed by atoms with Crippen molar-refractivity contribution >= 4 is 23.3 Å². The fraction of sp³-hybridized carbons (Fsp3) is 0.286. The molecule has 7 nitrogen and oxygen atoms in total. The third-order valence-electron chi connectivity index (χ3n) is 4.79. The maximum absolute atomic E-state index is 12.5. The first-order valence-electron chi connectivity index (χ1n) is 9.68. The van der Waals surface area contributed by atoms with E-state index in [1.54, 1.807) is 34.4 Å². The highest BCUT2D eigenvalue weighted by atomic mass is 32.1. The van der Waals surface area contributed by atoms with Gasteiger partial charge >= 0.3 is 6.61 Å². The van der Waals surface area contributed by atoms with Gasteiger partial charge in [-0.3, -0.25) is 9.69 Å². The normalized spacial score (nSPS) is 15.1. The molecule has 1 aliphatic heterocycles. The van der Waals surface area contributed by atoms with Gasteiger partial charge in [-0.05, 0) is 23.6 Å². The lowest BCUT2D eigenvalue weighted by molar-refractivity contribution is -0.127. The number of thiophene rings is 1. The van der Waals surface area contributed by atoms with Crippen LogP contribution in [0.4, 0.5) is 8.78 Å². The Bertz CT molecular complexity index is 1030. The molecule has 0 spiro atoms. The van der Waals surface area contributed by atoms with E-state index in [0.29, 0.717) is 50.0 Å². The number of hydrogen-bond acceptors (Lipinski definition) is 7. The summed E-state index contributed by atoms with van der Waals surface area (Å²) in [5.41, 5.74) is 0.424. The molecule has 0 unspecified atom stereocenters. The third-order valence-corrected chi connectivity index (χ3v) is 5.66. The summed E-state index contributed by atoms with van der Waals surface area (Å²) in [6.07, 6.45) is 2.88. The van der Waals surface area contributed by atoms with Crippen LogP contribution in [0.1, 0.15) is 11.5 Å². The number of amides is 1. The van der Waals surface area contributed by atoms with Crippen LogP contribution in [0.3, 0.4) is 0 Å². The molecule has 0 bridgehead atoms. The zero-order chi connectivity index (χ0) is 21.6. The number of carbonyl (C=O) groups excluding carboxylic acids is 1. The number of alkyl halides is 2. The number of halogens is 2. The van der Waals surface area contributed by atoms with Crippen LogP contribution < -0.4 is 4.74 Å². The Morgan fingerprint density at radius 3 is 2.74 bits per heavy atom. The first-order chi connectivity index (χ1) is 15.1. The molecular weight excluding hydrogens is 426 g/mol. The van der Waals surface area contributed by atoms with E-state index in [0.717, 1.165) is 4.88 Å². The maximum Gasteiger partial charge on any atom is 0.387 e. The number of rotatable bonds is 7. The fourth-order valence-corrected chi connectivity index (χ4v) is 3.88. The zero-order valence-corrected chi connectivity index (χ0v) is 17.3. The van der Waals surface area contributed by atoms with Gasteiger partial charge in [-0.25, -0.2) is 0 Å². The lowest BCUT2D eigenvalue weighted by Crippen LogP contribution is -2.47. The summed E-state index contributed by atoms with van der Waals surface area (Å²) in [6.45, 7) is 0.0323. The number of carbonyl (C=O) groups is 1. The van der Waals surface area contributed by atoms with Gasteiger partial charge in [-0.1, -0.05) is 29.4 Å². The van der Waals surface area contributed by atoms with Crippen molar-refractivity contribution in [1.82, 2.24) is 19.9 Å². The number of nitrogens with zero attached hydrogens (tertiary/aromatic N) is 4. The Kier molecular flexibility index (Phi) is 6.68. The lowest BCUT2D eigenvalue weighted by Gasteiger charge is -2.33. The molecule has 162 valence electrons. The van der Waals surface area contributed by atoms with Crippen molar-refractivity contribution in [3.63, 3.8) is 0 Å². The summed E-state index contributed by atoms with van der Waals surface area (Å²) in [5.74, 6) is 0.982. The highest BCUT2D eigenvalue weighted by Gasteiger charge is 2.22. The van der Waals surface area contributed by atoms with Crippen LogP contribution in [-0.2, 0) is 11.3 Å². The van der Waals surface area contributed by atoms with Gasteiger partial charge in [0.15, 0.2) is 0 Å². The number of para-hydroxylation sites is 1. The summed E-state index contributed by atoms with van der Waals surface area (Å²) in [7, 11) is 0. The van der Waals surface area contributed by atoms with Gasteiger partial charge in [-0.2, -0.15) is 13.8 Å². The van der Waals surface area contributed by atoms with Crippen LogP contribution in [0.5, 0.6) is 5.75 Å². The Hall–Kier alpha value is -3.11. The van der Waals surface area contributed by atoms with Crippen LogP contribution in [0, 0.1) is 0 Å². The van der Waals surface area contributed by atoms with Crippen molar-refractivity contribution < 1.29 is 22.8 Å². The van der Waals surface area contributed by atoms with Gasteiger partial charge in [0, 0.05) is 37.8 Å². The van der Waals surface area contributed by atoms with E-state index in [-0.39, 0.29) is 11.7 Å². The van der Waals surface area contributed by atoms with Crippen molar-refractivity contribution in [2.75, 3.05) is 26.2 Å². The topological polar surface area (TPSA) is 71.7 Å². The van der Waals surface area contributed by atoms with Crippen LogP contribution in [-0.4, -0.2) is 58.6 Å². The smallest absolute Gasteiger partial charge is 0.387 e. The van der Waals surface area contributed by atoms with Gasteiger partial charge in [0.05, 0.1) is 11.4 Å². The van der Waals surface area contributed by atoms with Crippen molar-refractivity contribution in [3.8, 4) is 16.5 Å². The fourth-order valence-electron chi connectivity index (χ4n) is 3.23. The van der Waals surface area contributed by atoms with E-state index in [4.69, 9.17) is 4.52 Å². The van der Waals surface area contributed by atoms with E-state index in [1.165, 1.54) is 18.2 Å². The zero-order valence-electron chi connectivity index (χ0n) is 16.5. The van der Waals surface area contributed by atoms with Crippen LogP contribution in [0.2, 0.25) is 0 Å². The van der Waals surface area contributed by atoms with E-state index in [2.05, 4.69) is 19.8 Å². The second-order valence-electron chi connectivity index (χ2n) is 6.84. The quantitative estimate of drug-likeness (QED) is 0.515. The molecule has 0 aliphatic carbocycles. The summed E-state index contributed by atoms with van der Waals surface area (Å²) >= 11 is 1.55. The van der Waals surface area contributed by atoms with Gasteiger partial charge in [0.25, 0.3) is 0 Å². The predicted molar refractivity (Wildman–Crippen MR) is 112 cm³/mol. The predicted octanol–water partition coefficient (Wildman–Crippen LogP) is 3.76. The van der Waals surface area contributed by atoms with Crippen LogP contribution in [0.15, 0.2) is 52.4 Å². The number of piperazine rings is 1. The maximum atomic E-state index is 12.5. The standard InChI is InChI=1S/C21H20F2N4O3S/c22-21(23)29-16-5-2-1-4-15(16)7-8-19(28)27-11-9-26(10-12-27)14-18-24-20(25-30-18)17-6-3-13-31-17/h1-8,13,21H,9-12,14H2/b8-7+. The monoisotopic (exact) mass is 446 g/mol. The average Bonchev–Trinajstić information content (AvgIpc) is 3.45. The second-order valence-corrected chi connectivity index (χ2v) is 7.79. The highest BCUT2D eigenvalue weighted by Crippen LogP contribution is 2.23. The van der Waals surface area contributed by atoms with Gasteiger partial charge in [0.2, 0.25) is 17.6 Å². The first kappa shape index (κ1) is 21.1. The summed E-state index contributed by atoms with van der Waals surface area (Å²) in [5, 5.41) is 5.97. The molecule has 0 atom stereocenters. The molecule has 0 N–H and O–H groups in total. The molecule has 0 radical (unpaired) electrons.